The summed E-state index contributed by atoms with van der Waals surface area (Å²) < 4.78 is 12.0. The standard InChI is InChI=1S/C25H29NO2S/c1-26-10-4-11-27-15-19-14-23-18(16-29-19)8-9-21-20-6-2-7-22(20)25-17(13-24(21)23)5-3-12-28-25/h3,5,8,12-14,23,26H,2,4,6-7,9-11,15-16H2,1H3. The van der Waals surface area contributed by atoms with E-state index < -0.39 is 0 Å². The molecule has 5 rings (SSSR count). The van der Waals surface area contributed by atoms with Gasteiger partial charge >= 0.3 is 0 Å². The van der Waals surface area contributed by atoms with Gasteiger partial charge in [0.05, 0.1) is 12.9 Å². The van der Waals surface area contributed by atoms with Crippen molar-refractivity contribution in [3.05, 3.63) is 80.7 Å². The van der Waals surface area contributed by atoms with Crippen molar-refractivity contribution < 1.29 is 9.47 Å². The first kappa shape index (κ1) is 19.2. The first-order valence-corrected chi connectivity index (χ1v) is 11.8. The van der Waals surface area contributed by atoms with Crippen LogP contribution in [0.2, 0.25) is 0 Å². The highest BCUT2D eigenvalue weighted by Gasteiger charge is 2.34. The summed E-state index contributed by atoms with van der Waals surface area (Å²) in [7, 11) is 1.99. The lowest BCUT2D eigenvalue weighted by Gasteiger charge is -2.32. The molecule has 0 spiro atoms. The lowest BCUT2D eigenvalue weighted by atomic mass is 9.77. The predicted octanol–water partition coefficient (Wildman–Crippen LogP) is 5.33. The number of ether oxygens (including phenoxy) is 2. The molecule has 3 aliphatic carbocycles. The Balaban J connectivity index is 1.46. The Morgan fingerprint density at radius 1 is 1.24 bits per heavy atom. The van der Waals surface area contributed by atoms with Gasteiger partial charge in [0.15, 0.2) is 0 Å². The topological polar surface area (TPSA) is 30.5 Å². The van der Waals surface area contributed by atoms with Crippen molar-refractivity contribution in [2.75, 3.05) is 32.6 Å². The highest BCUT2D eigenvalue weighted by Crippen LogP contribution is 2.50. The second-order valence-corrected chi connectivity index (χ2v) is 9.28. The van der Waals surface area contributed by atoms with Crippen molar-refractivity contribution in [1.82, 2.24) is 5.32 Å². The van der Waals surface area contributed by atoms with Gasteiger partial charge in [0.2, 0.25) is 0 Å². The number of hydrogen-bond donors (Lipinski definition) is 1. The first-order valence-electron chi connectivity index (χ1n) is 10.8. The molecule has 2 aliphatic heterocycles. The second kappa shape index (κ2) is 8.55. The molecular formula is C25H29NO2S. The third-order valence-corrected chi connectivity index (χ3v) is 7.46. The van der Waals surface area contributed by atoms with Crippen molar-refractivity contribution in [3.8, 4) is 0 Å². The molecular weight excluding hydrogens is 378 g/mol. The molecule has 3 nitrogen and oxygen atoms in total. The van der Waals surface area contributed by atoms with Gasteiger partial charge in [0, 0.05) is 28.8 Å². The van der Waals surface area contributed by atoms with E-state index in [1.807, 2.05) is 31.1 Å². The highest BCUT2D eigenvalue weighted by molar-refractivity contribution is 8.03. The molecule has 152 valence electrons. The van der Waals surface area contributed by atoms with Crippen LogP contribution < -0.4 is 5.32 Å². The van der Waals surface area contributed by atoms with Crippen LogP contribution in [0.4, 0.5) is 0 Å². The van der Waals surface area contributed by atoms with E-state index >= 15 is 0 Å². The summed E-state index contributed by atoms with van der Waals surface area (Å²) in [5.41, 5.74) is 8.84. The zero-order valence-electron chi connectivity index (χ0n) is 17.1. The predicted molar refractivity (Wildman–Crippen MR) is 120 cm³/mol. The van der Waals surface area contributed by atoms with E-state index in [9.17, 15) is 0 Å². The molecule has 0 aromatic carbocycles. The molecule has 29 heavy (non-hydrogen) atoms. The van der Waals surface area contributed by atoms with Crippen LogP contribution in [-0.2, 0) is 9.47 Å². The third-order valence-electron chi connectivity index (χ3n) is 6.36. The maximum atomic E-state index is 6.01. The van der Waals surface area contributed by atoms with Gasteiger partial charge in [0.1, 0.15) is 5.76 Å². The van der Waals surface area contributed by atoms with Crippen LogP contribution >= 0.6 is 11.8 Å². The second-order valence-electron chi connectivity index (χ2n) is 8.18. The number of allylic oxidation sites excluding steroid dienone is 9. The van der Waals surface area contributed by atoms with Gasteiger partial charge in [-0.1, -0.05) is 17.7 Å². The summed E-state index contributed by atoms with van der Waals surface area (Å²) in [5, 5.41) is 3.18. The number of thioether (sulfide) groups is 1. The molecule has 1 saturated carbocycles. The van der Waals surface area contributed by atoms with Crippen molar-refractivity contribution in [2.24, 2.45) is 5.92 Å². The van der Waals surface area contributed by atoms with E-state index in [1.165, 1.54) is 34.5 Å². The Bertz CT molecular complexity index is 913. The lowest BCUT2D eigenvalue weighted by molar-refractivity contribution is 0.157. The molecule has 0 saturated heterocycles. The number of hydrogen-bond acceptors (Lipinski definition) is 4. The smallest absolute Gasteiger partial charge is 0.137 e. The van der Waals surface area contributed by atoms with E-state index in [2.05, 4.69) is 29.6 Å². The normalized spacial score (nSPS) is 25.1. The minimum atomic E-state index is 0.386. The number of nitrogens with one attached hydrogen (secondary N) is 1. The molecule has 1 fully saturated rings. The van der Waals surface area contributed by atoms with Gasteiger partial charge in [-0.05, 0) is 86.2 Å². The fraction of sp³-hybridized carbons (Fsp3) is 0.440. The van der Waals surface area contributed by atoms with E-state index in [4.69, 9.17) is 9.47 Å². The Hall–Kier alpha value is -1.75. The van der Waals surface area contributed by atoms with E-state index in [1.54, 1.807) is 16.7 Å². The highest BCUT2D eigenvalue weighted by atomic mass is 32.2. The Labute approximate surface area is 178 Å². The van der Waals surface area contributed by atoms with Crippen LogP contribution in [0.5, 0.6) is 0 Å². The molecule has 1 N–H and O–H groups in total. The summed E-state index contributed by atoms with van der Waals surface area (Å²) in [5.74, 6) is 2.56. The quantitative estimate of drug-likeness (QED) is 0.476. The molecule has 4 heteroatoms. The maximum Gasteiger partial charge on any atom is 0.137 e. The molecule has 1 atom stereocenters. The Morgan fingerprint density at radius 3 is 3.10 bits per heavy atom. The SMILES string of the molecule is CNCCCOCC1=CC2C(=CCC3=C4CCCC4=C4OC=CC=C4C=C32)CS1. The molecule has 2 heterocycles. The summed E-state index contributed by atoms with van der Waals surface area (Å²) in [6.45, 7) is 2.56. The summed E-state index contributed by atoms with van der Waals surface area (Å²) in [6.07, 6.45) is 19.1. The van der Waals surface area contributed by atoms with Crippen LogP contribution in [-0.4, -0.2) is 32.6 Å². The van der Waals surface area contributed by atoms with Crippen LogP contribution in [0.15, 0.2) is 80.7 Å². The average molecular weight is 408 g/mol. The maximum absolute atomic E-state index is 6.01. The Kier molecular flexibility index (Phi) is 5.67. The summed E-state index contributed by atoms with van der Waals surface area (Å²) >= 11 is 1.95. The van der Waals surface area contributed by atoms with Gasteiger partial charge in [-0.2, -0.15) is 0 Å². The fourth-order valence-electron chi connectivity index (χ4n) is 4.96. The van der Waals surface area contributed by atoms with Gasteiger partial charge in [-0.15, -0.1) is 11.8 Å². The Morgan fingerprint density at radius 2 is 2.17 bits per heavy atom. The average Bonchev–Trinajstić information content (AvgIpc) is 3.19. The molecule has 0 amide bonds. The minimum absolute atomic E-state index is 0.386. The zero-order valence-corrected chi connectivity index (χ0v) is 17.9. The molecule has 1 unspecified atom stereocenters. The fourth-order valence-corrected chi connectivity index (χ4v) is 6.01. The molecule has 5 aliphatic rings. The number of fused-ring (bicyclic) bond motifs is 5. The van der Waals surface area contributed by atoms with E-state index in [0.29, 0.717) is 5.92 Å². The molecule has 0 radical (unpaired) electrons. The van der Waals surface area contributed by atoms with Crippen LogP contribution in [0, 0.1) is 5.92 Å². The first-order chi connectivity index (χ1) is 14.3. The molecule has 0 aromatic heterocycles. The molecule has 0 aromatic rings. The summed E-state index contributed by atoms with van der Waals surface area (Å²) in [4.78, 5) is 1.38. The number of rotatable bonds is 6. The van der Waals surface area contributed by atoms with Gasteiger partial charge in [-0.3, -0.25) is 0 Å². The third kappa shape index (κ3) is 3.74. The van der Waals surface area contributed by atoms with Crippen LogP contribution in [0.25, 0.3) is 0 Å². The van der Waals surface area contributed by atoms with Crippen LogP contribution in [0.1, 0.15) is 32.1 Å². The van der Waals surface area contributed by atoms with Gasteiger partial charge < -0.3 is 14.8 Å². The lowest BCUT2D eigenvalue weighted by Crippen LogP contribution is -2.19. The van der Waals surface area contributed by atoms with E-state index in [0.717, 1.165) is 50.5 Å². The van der Waals surface area contributed by atoms with Gasteiger partial charge in [-0.25, -0.2) is 0 Å². The van der Waals surface area contributed by atoms with Gasteiger partial charge in [0.25, 0.3) is 0 Å². The van der Waals surface area contributed by atoms with Crippen molar-refractivity contribution in [3.63, 3.8) is 0 Å². The molecule has 0 bridgehead atoms. The van der Waals surface area contributed by atoms with Crippen molar-refractivity contribution >= 4 is 11.8 Å². The monoisotopic (exact) mass is 407 g/mol. The minimum Gasteiger partial charge on any atom is -0.464 e. The largest absolute Gasteiger partial charge is 0.464 e. The van der Waals surface area contributed by atoms with Crippen LogP contribution in [0.3, 0.4) is 0 Å². The zero-order chi connectivity index (χ0) is 19.6. The van der Waals surface area contributed by atoms with Crippen molar-refractivity contribution in [2.45, 2.75) is 32.1 Å². The summed E-state index contributed by atoms with van der Waals surface area (Å²) in [6, 6.07) is 0. The van der Waals surface area contributed by atoms with E-state index in [-0.39, 0.29) is 0 Å². The van der Waals surface area contributed by atoms with Crippen molar-refractivity contribution in [1.29, 1.82) is 0 Å².